The third-order valence-electron chi connectivity index (χ3n) is 2.52. The number of rotatable bonds is 5. The molecular weight excluding hydrogens is 284 g/mol. The van der Waals surface area contributed by atoms with Crippen LogP contribution in [0.4, 0.5) is 5.69 Å². The van der Waals surface area contributed by atoms with Crippen LogP contribution in [0.1, 0.15) is 16.1 Å². The number of anilines is 1. The molecule has 0 aliphatic rings. The summed E-state index contributed by atoms with van der Waals surface area (Å²) in [5, 5.41) is 16.4. The first-order chi connectivity index (χ1) is 9.36. The van der Waals surface area contributed by atoms with Crippen molar-refractivity contribution in [2.45, 2.75) is 11.6 Å². The first-order valence-corrected chi connectivity index (χ1v) is 7.09. The number of carbonyl (C=O) groups is 1. The number of carboxylic acid groups (broad SMARTS) is 1. The van der Waals surface area contributed by atoms with E-state index in [0.29, 0.717) is 11.4 Å². The predicted octanol–water partition coefficient (Wildman–Crippen LogP) is 1.24. The normalized spacial score (nSPS) is 11.2. The zero-order chi connectivity index (χ0) is 14.8. The molecule has 4 N–H and O–H groups in total. The molecule has 0 saturated heterocycles. The highest BCUT2D eigenvalue weighted by atomic mass is 32.2. The Balaban J connectivity index is 2.02. The van der Waals surface area contributed by atoms with Crippen molar-refractivity contribution < 1.29 is 22.7 Å². The molecule has 1 aromatic heterocycles. The van der Waals surface area contributed by atoms with E-state index in [0.717, 1.165) is 0 Å². The van der Waals surface area contributed by atoms with Crippen molar-refractivity contribution in [3.8, 4) is 0 Å². The fourth-order valence-corrected chi connectivity index (χ4v) is 2.01. The fraction of sp³-hybridized carbons (Fsp3) is 0.0833. The summed E-state index contributed by atoms with van der Waals surface area (Å²) in [4.78, 5) is 10.7. The van der Waals surface area contributed by atoms with Gasteiger partial charge in [-0.25, -0.2) is 18.4 Å². The monoisotopic (exact) mass is 296 g/mol. The minimum Gasteiger partial charge on any atom is -0.478 e. The zero-order valence-corrected chi connectivity index (χ0v) is 11.1. The van der Waals surface area contributed by atoms with Crippen LogP contribution in [0.2, 0.25) is 0 Å². The summed E-state index contributed by atoms with van der Waals surface area (Å²) in [5.41, 5.74) is 0.869. The van der Waals surface area contributed by atoms with Crippen molar-refractivity contribution in [3.05, 3.63) is 47.7 Å². The highest BCUT2D eigenvalue weighted by Crippen LogP contribution is 2.15. The van der Waals surface area contributed by atoms with Gasteiger partial charge >= 0.3 is 5.97 Å². The van der Waals surface area contributed by atoms with Crippen LogP contribution in [0.15, 0.2) is 45.9 Å². The van der Waals surface area contributed by atoms with Gasteiger partial charge in [0.25, 0.3) is 10.0 Å². The lowest BCUT2D eigenvalue weighted by molar-refractivity contribution is 0.0697. The highest BCUT2D eigenvalue weighted by molar-refractivity contribution is 7.89. The molecule has 106 valence electrons. The summed E-state index contributed by atoms with van der Waals surface area (Å²) in [6, 6.07) is 8.91. The smallest absolute Gasteiger partial charge is 0.335 e. The number of benzene rings is 1. The molecule has 0 bridgehead atoms. The number of hydrogen-bond donors (Lipinski definition) is 3. The molecule has 20 heavy (non-hydrogen) atoms. The molecule has 0 aliphatic heterocycles. The molecule has 0 atom stereocenters. The Labute approximate surface area is 115 Å². The highest BCUT2D eigenvalue weighted by Gasteiger charge is 2.12. The van der Waals surface area contributed by atoms with Crippen LogP contribution in [0, 0.1) is 0 Å². The van der Waals surface area contributed by atoms with Gasteiger partial charge in [-0.1, -0.05) is 0 Å². The molecule has 1 aromatic carbocycles. The van der Waals surface area contributed by atoms with E-state index in [2.05, 4.69) is 5.32 Å². The Morgan fingerprint density at radius 3 is 2.35 bits per heavy atom. The number of carboxylic acids is 1. The molecule has 0 spiro atoms. The van der Waals surface area contributed by atoms with Crippen LogP contribution < -0.4 is 10.5 Å². The summed E-state index contributed by atoms with van der Waals surface area (Å²) in [5.74, 6) is -0.600. The molecule has 1 heterocycles. The third-order valence-corrected chi connectivity index (χ3v) is 3.30. The van der Waals surface area contributed by atoms with E-state index in [4.69, 9.17) is 14.7 Å². The van der Waals surface area contributed by atoms with Gasteiger partial charge in [-0.3, -0.25) is 0 Å². The predicted molar refractivity (Wildman–Crippen MR) is 70.8 cm³/mol. The number of nitrogens with two attached hydrogens (primary N) is 1. The van der Waals surface area contributed by atoms with Crippen LogP contribution in [0.3, 0.4) is 0 Å². The van der Waals surface area contributed by atoms with Gasteiger partial charge in [-0.2, -0.15) is 0 Å². The van der Waals surface area contributed by atoms with E-state index in [9.17, 15) is 13.2 Å². The fourth-order valence-electron chi connectivity index (χ4n) is 1.53. The zero-order valence-electron chi connectivity index (χ0n) is 10.2. The van der Waals surface area contributed by atoms with Gasteiger partial charge in [0.2, 0.25) is 5.09 Å². The summed E-state index contributed by atoms with van der Waals surface area (Å²) in [6.45, 7) is 0.252. The first-order valence-electron chi connectivity index (χ1n) is 5.55. The molecule has 0 saturated carbocycles. The lowest BCUT2D eigenvalue weighted by atomic mass is 10.2. The largest absolute Gasteiger partial charge is 0.478 e. The maximum atomic E-state index is 11.0. The minimum atomic E-state index is -3.84. The van der Waals surface area contributed by atoms with Crippen LogP contribution in [0.5, 0.6) is 0 Å². The third kappa shape index (κ3) is 3.37. The summed E-state index contributed by atoms with van der Waals surface area (Å²) in [7, 11) is -3.84. The van der Waals surface area contributed by atoms with Crippen molar-refractivity contribution in [3.63, 3.8) is 0 Å². The van der Waals surface area contributed by atoms with E-state index in [1.165, 1.54) is 24.3 Å². The van der Waals surface area contributed by atoms with Gasteiger partial charge in [0.05, 0.1) is 12.1 Å². The standard InChI is InChI=1S/C12H12N2O5S/c13-20(17,18)11-6-5-10(19-11)7-14-9-3-1-8(2-4-9)12(15)16/h1-6,14H,7H2,(H,15,16)(H2,13,17,18). The molecule has 0 fully saturated rings. The van der Waals surface area contributed by atoms with Crippen LogP contribution >= 0.6 is 0 Å². The van der Waals surface area contributed by atoms with Crippen LogP contribution in [-0.2, 0) is 16.6 Å². The number of primary sulfonamides is 1. The summed E-state index contributed by atoms with van der Waals surface area (Å²) in [6.07, 6.45) is 0. The Morgan fingerprint density at radius 1 is 1.20 bits per heavy atom. The number of sulfonamides is 1. The molecule has 8 heteroatoms. The van der Waals surface area contributed by atoms with Crippen molar-refractivity contribution >= 4 is 21.7 Å². The van der Waals surface area contributed by atoms with Crippen LogP contribution in [0.25, 0.3) is 0 Å². The van der Waals surface area contributed by atoms with Gasteiger partial charge in [-0.05, 0) is 36.4 Å². The average Bonchev–Trinajstić information content (AvgIpc) is 2.85. The summed E-state index contributed by atoms with van der Waals surface area (Å²) < 4.78 is 27.1. The van der Waals surface area contributed by atoms with E-state index in [-0.39, 0.29) is 17.2 Å². The van der Waals surface area contributed by atoms with E-state index in [1.54, 1.807) is 12.1 Å². The molecule has 0 unspecified atom stereocenters. The molecule has 0 aliphatic carbocycles. The maximum Gasteiger partial charge on any atom is 0.335 e. The van der Waals surface area contributed by atoms with Crippen LogP contribution in [-0.4, -0.2) is 19.5 Å². The van der Waals surface area contributed by atoms with Gasteiger partial charge in [-0.15, -0.1) is 0 Å². The van der Waals surface area contributed by atoms with Crippen molar-refractivity contribution in [2.24, 2.45) is 5.14 Å². The summed E-state index contributed by atoms with van der Waals surface area (Å²) >= 11 is 0. The lowest BCUT2D eigenvalue weighted by Crippen LogP contribution is -2.10. The SMILES string of the molecule is NS(=O)(=O)c1ccc(CNc2ccc(C(=O)O)cc2)o1. The van der Waals surface area contributed by atoms with E-state index < -0.39 is 16.0 Å². The molecule has 7 nitrogen and oxygen atoms in total. The van der Waals surface area contributed by atoms with Gasteiger partial charge in [0.1, 0.15) is 5.76 Å². The average molecular weight is 296 g/mol. The van der Waals surface area contributed by atoms with Gasteiger partial charge in [0.15, 0.2) is 0 Å². The topological polar surface area (TPSA) is 123 Å². The van der Waals surface area contributed by atoms with Crippen molar-refractivity contribution in [1.82, 2.24) is 0 Å². The van der Waals surface area contributed by atoms with Crippen molar-refractivity contribution in [2.75, 3.05) is 5.32 Å². The van der Waals surface area contributed by atoms with E-state index >= 15 is 0 Å². The molecular formula is C12H12N2O5S. The molecule has 0 amide bonds. The Morgan fingerprint density at radius 2 is 1.85 bits per heavy atom. The number of aromatic carboxylic acids is 1. The Kier molecular flexibility index (Phi) is 3.77. The molecule has 0 radical (unpaired) electrons. The minimum absolute atomic E-state index is 0.185. The second-order valence-electron chi connectivity index (χ2n) is 4.00. The second kappa shape index (κ2) is 5.35. The van der Waals surface area contributed by atoms with Gasteiger partial charge < -0.3 is 14.8 Å². The molecule has 2 rings (SSSR count). The lowest BCUT2D eigenvalue weighted by Gasteiger charge is -2.04. The van der Waals surface area contributed by atoms with E-state index in [1.807, 2.05) is 0 Å². The Hall–Kier alpha value is -2.32. The number of hydrogen-bond acceptors (Lipinski definition) is 5. The first kappa shape index (κ1) is 14.1. The second-order valence-corrected chi connectivity index (χ2v) is 5.49. The maximum absolute atomic E-state index is 11.0. The van der Waals surface area contributed by atoms with Crippen molar-refractivity contribution in [1.29, 1.82) is 0 Å². The molecule has 2 aromatic rings. The Bertz CT molecular complexity index is 719. The number of furan rings is 1. The number of nitrogens with one attached hydrogen (secondary N) is 1. The quantitative estimate of drug-likeness (QED) is 0.762. The van der Waals surface area contributed by atoms with Gasteiger partial charge in [0, 0.05) is 5.69 Å².